The minimum absolute atomic E-state index is 0.855. The standard InChI is InChI=1S/C39H39N2O2/c1-3-5-26-40-34-28-32(30-16-10-7-11-17-30)22-24-36(34)42-38(40)20-14-9-15-21-39-41(27-6-4-2)35-29-33(23-25-37(35)43-39)31-18-12-8-13-19-31/h7-25,28-29H,3-6,26-27H2,1-2H3/q+1. The quantitative estimate of drug-likeness (QED) is 0.117. The Hall–Kier alpha value is -4.83. The second-order valence-electron chi connectivity index (χ2n) is 10.9. The molecule has 0 fully saturated rings. The monoisotopic (exact) mass is 567 g/mol. The molecule has 0 saturated carbocycles. The summed E-state index contributed by atoms with van der Waals surface area (Å²) in [5, 5.41) is 0. The van der Waals surface area contributed by atoms with Gasteiger partial charge in [-0.3, -0.25) is 0 Å². The maximum atomic E-state index is 6.31. The molecule has 43 heavy (non-hydrogen) atoms. The number of unbranched alkanes of at least 4 members (excludes halogenated alkanes) is 2. The van der Waals surface area contributed by atoms with Crippen molar-refractivity contribution in [3.8, 4) is 28.0 Å². The van der Waals surface area contributed by atoms with Crippen molar-refractivity contribution in [2.75, 3.05) is 11.4 Å². The molecule has 2 heterocycles. The maximum absolute atomic E-state index is 6.31. The number of nitrogens with zero attached hydrogens (tertiary/aromatic N) is 2. The Labute approximate surface area is 254 Å². The fourth-order valence-electron chi connectivity index (χ4n) is 5.50. The number of oxazole rings is 1. The number of rotatable bonds is 11. The molecule has 0 N–H and O–H groups in total. The van der Waals surface area contributed by atoms with Gasteiger partial charge in [-0.15, -0.1) is 0 Å². The summed E-state index contributed by atoms with van der Waals surface area (Å²) in [6.45, 7) is 6.27. The van der Waals surface area contributed by atoms with Crippen molar-refractivity contribution in [1.82, 2.24) is 0 Å². The minimum Gasteiger partial charge on any atom is -0.439 e. The second-order valence-corrected chi connectivity index (χ2v) is 10.9. The zero-order chi connectivity index (χ0) is 29.4. The molecule has 4 aromatic carbocycles. The SMILES string of the molecule is CCCCN1/C(=C/C=C/C=C/c2oc3ccc(-c4ccccc4)cc3[n+]2CCCC)Oc2ccc(-c3ccccc3)cc21. The molecule has 1 aliphatic heterocycles. The van der Waals surface area contributed by atoms with Gasteiger partial charge in [0.25, 0.3) is 5.52 Å². The summed E-state index contributed by atoms with van der Waals surface area (Å²) in [5.41, 5.74) is 7.96. The molecular formula is C39H39N2O2+. The third-order valence-electron chi connectivity index (χ3n) is 7.85. The molecule has 5 aromatic rings. The van der Waals surface area contributed by atoms with Gasteiger partial charge in [0.1, 0.15) is 0 Å². The summed E-state index contributed by atoms with van der Waals surface area (Å²) >= 11 is 0. The van der Waals surface area contributed by atoms with E-state index in [1.165, 1.54) is 22.3 Å². The van der Waals surface area contributed by atoms with Crippen LogP contribution in [0.1, 0.15) is 45.4 Å². The van der Waals surface area contributed by atoms with Crippen LogP contribution in [0.2, 0.25) is 0 Å². The number of ether oxygens (including phenoxy) is 1. The Morgan fingerprint density at radius 2 is 1.40 bits per heavy atom. The molecule has 4 nitrogen and oxygen atoms in total. The van der Waals surface area contributed by atoms with E-state index in [0.717, 1.165) is 73.1 Å². The lowest BCUT2D eigenvalue weighted by molar-refractivity contribution is -0.678. The smallest absolute Gasteiger partial charge is 0.374 e. The van der Waals surface area contributed by atoms with Crippen LogP contribution < -0.4 is 14.2 Å². The lowest BCUT2D eigenvalue weighted by atomic mass is 10.0. The molecule has 4 heteroatoms. The van der Waals surface area contributed by atoms with Gasteiger partial charge in [-0.25, -0.2) is 0 Å². The number of anilines is 1. The van der Waals surface area contributed by atoms with Crippen molar-refractivity contribution in [3.63, 3.8) is 0 Å². The molecule has 1 aliphatic rings. The van der Waals surface area contributed by atoms with Crippen LogP contribution in [0.25, 0.3) is 39.4 Å². The van der Waals surface area contributed by atoms with Gasteiger partial charge in [0, 0.05) is 19.0 Å². The zero-order valence-corrected chi connectivity index (χ0v) is 25.1. The number of allylic oxidation sites excluding steroid dienone is 4. The Morgan fingerprint density at radius 1 is 0.698 bits per heavy atom. The van der Waals surface area contributed by atoms with Gasteiger partial charge >= 0.3 is 5.89 Å². The van der Waals surface area contributed by atoms with Crippen LogP contribution in [-0.4, -0.2) is 6.54 Å². The average Bonchev–Trinajstić information content (AvgIpc) is 3.59. The molecule has 1 aromatic heterocycles. The van der Waals surface area contributed by atoms with Crippen molar-refractivity contribution in [1.29, 1.82) is 0 Å². The van der Waals surface area contributed by atoms with Gasteiger partial charge in [-0.1, -0.05) is 118 Å². The van der Waals surface area contributed by atoms with E-state index in [9.17, 15) is 0 Å². The van der Waals surface area contributed by atoms with Crippen molar-refractivity contribution in [2.24, 2.45) is 0 Å². The van der Waals surface area contributed by atoms with Crippen LogP contribution in [0, 0.1) is 0 Å². The molecule has 0 radical (unpaired) electrons. The number of aryl methyl sites for hydroxylation is 1. The number of aromatic nitrogens is 1. The third-order valence-corrected chi connectivity index (χ3v) is 7.85. The van der Waals surface area contributed by atoms with Crippen LogP contribution in [0.3, 0.4) is 0 Å². The lowest BCUT2D eigenvalue weighted by Gasteiger charge is -2.18. The van der Waals surface area contributed by atoms with Gasteiger partial charge in [-0.2, -0.15) is 4.57 Å². The molecule has 0 spiro atoms. The summed E-state index contributed by atoms with van der Waals surface area (Å²) in [5.74, 6) is 2.61. The topological polar surface area (TPSA) is 29.5 Å². The molecule has 0 amide bonds. The molecule has 0 atom stereocenters. The highest BCUT2D eigenvalue weighted by molar-refractivity contribution is 5.79. The van der Waals surface area contributed by atoms with Crippen LogP contribution in [0.15, 0.2) is 132 Å². The van der Waals surface area contributed by atoms with Crippen molar-refractivity contribution >= 4 is 22.9 Å². The van der Waals surface area contributed by atoms with E-state index < -0.39 is 0 Å². The third kappa shape index (κ3) is 6.34. The van der Waals surface area contributed by atoms with E-state index in [4.69, 9.17) is 9.15 Å². The van der Waals surface area contributed by atoms with Gasteiger partial charge in [-0.05, 0) is 52.9 Å². The fourth-order valence-corrected chi connectivity index (χ4v) is 5.50. The van der Waals surface area contributed by atoms with Gasteiger partial charge in [0.15, 0.2) is 12.3 Å². The molecular weight excluding hydrogens is 528 g/mol. The van der Waals surface area contributed by atoms with E-state index in [-0.39, 0.29) is 0 Å². The Balaban J connectivity index is 1.23. The predicted octanol–water partition coefficient (Wildman–Crippen LogP) is 9.96. The molecule has 0 unspecified atom stereocenters. The van der Waals surface area contributed by atoms with Crippen LogP contribution in [0.5, 0.6) is 5.75 Å². The Morgan fingerprint density at radius 3 is 2.12 bits per heavy atom. The number of hydrogen-bond acceptors (Lipinski definition) is 3. The second kappa shape index (κ2) is 13.4. The van der Waals surface area contributed by atoms with Gasteiger partial charge in [0.2, 0.25) is 11.5 Å². The normalized spacial score (nSPS) is 13.9. The fraction of sp³-hybridized carbons (Fsp3) is 0.205. The number of benzene rings is 4. The average molecular weight is 568 g/mol. The van der Waals surface area contributed by atoms with Crippen molar-refractivity contribution < 1.29 is 13.7 Å². The first kappa shape index (κ1) is 28.3. The summed E-state index contributed by atoms with van der Waals surface area (Å²) in [6.07, 6.45) is 14.7. The van der Waals surface area contributed by atoms with E-state index in [2.05, 4.69) is 133 Å². The maximum Gasteiger partial charge on any atom is 0.374 e. The van der Waals surface area contributed by atoms with E-state index in [1.54, 1.807) is 0 Å². The minimum atomic E-state index is 0.855. The zero-order valence-electron chi connectivity index (χ0n) is 25.1. The summed E-state index contributed by atoms with van der Waals surface area (Å²) in [6, 6.07) is 33.9. The van der Waals surface area contributed by atoms with Gasteiger partial charge < -0.3 is 14.1 Å². The molecule has 216 valence electrons. The van der Waals surface area contributed by atoms with Crippen molar-refractivity contribution in [3.05, 3.63) is 133 Å². The predicted molar refractivity (Wildman–Crippen MR) is 178 cm³/mol. The summed E-state index contributed by atoms with van der Waals surface area (Å²) in [7, 11) is 0. The van der Waals surface area contributed by atoms with E-state index in [0.29, 0.717) is 0 Å². The first-order valence-corrected chi connectivity index (χ1v) is 15.5. The van der Waals surface area contributed by atoms with Crippen molar-refractivity contribution in [2.45, 2.75) is 46.1 Å². The first-order valence-electron chi connectivity index (χ1n) is 15.5. The highest BCUT2D eigenvalue weighted by Crippen LogP contribution is 2.41. The lowest BCUT2D eigenvalue weighted by Crippen LogP contribution is -2.35. The van der Waals surface area contributed by atoms with Crippen LogP contribution in [0.4, 0.5) is 5.69 Å². The van der Waals surface area contributed by atoms with E-state index in [1.807, 2.05) is 18.2 Å². The molecule has 0 aliphatic carbocycles. The van der Waals surface area contributed by atoms with E-state index >= 15 is 0 Å². The number of fused-ring (bicyclic) bond motifs is 2. The molecule has 0 saturated heterocycles. The van der Waals surface area contributed by atoms with Gasteiger partial charge in [0.05, 0.1) is 11.8 Å². The highest BCUT2D eigenvalue weighted by Gasteiger charge is 2.26. The van der Waals surface area contributed by atoms with Crippen LogP contribution in [-0.2, 0) is 6.54 Å². The molecule has 0 bridgehead atoms. The van der Waals surface area contributed by atoms with Crippen LogP contribution >= 0.6 is 0 Å². The first-order chi connectivity index (χ1) is 21.2. The number of hydrogen-bond donors (Lipinski definition) is 0. The largest absolute Gasteiger partial charge is 0.439 e. The summed E-state index contributed by atoms with van der Waals surface area (Å²) in [4.78, 5) is 2.29. The summed E-state index contributed by atoms with van der Waals surface area (Å²) < 4.78 is 14.9. The highest BCUT2D eigenvalue weighted by atomic mass is 16.5. The Bertz CT molecular complexity index is 1760. The Kier molecular flexibility index (Phi) is 8.84. The molecule has 6 rings (SSSR count).